The van der Waals surface area contributed by atoms with Gasteiger partial charge in [-0.1, -0.05) is 98.8 Å². The second-order valence-corrected chi connectivity index (χ2v) is 11.2. The monoisotopic (exact) mass is 465 g/mol. The summed E-state index contributed by atoms with van der Waals surface area (Å²) in [5.74, 6) is 0. The molecule has 0 N–H and O–H groups in total. The van der Waals surface area contributed by atoms with Crippen molar-refractivity contribution < 1.29 is 0 Å². The zero-order valence-electron chi connectivity index (χ0n) is 19.7. The minimum Gasteiger partial charge on any atom is -0.308 e. The Bertz CT molecular complexity index is 1970. The molecule has 2 heteroatoms. The van der Waals surface area contributed by atoms with Crippen molar-refractivity contribution >= 4 is 53.3 Å². The van der Waals surface area contributed by atoms with E-state index in [0.717, 1.165) is 0 Å². The lowest BCUT2D eigenvalue weighted by molar-refractivity contribution is 0.667. The largest absolute Gasteiger partial charge is 0.308 e. The molecule has 0 atom stereocenters. The third kappa shape index (κ3) is 2.38. The smallest absolute Gasteiger partial charge is 0.0719 e. The Morgan fingerprint density at radius 2 is 1.26 bits per heavy atom. The van der Waals surface area contributed by atoms with Crippen LogP contribution in [0.1, 0.15) is 25.0 Å². The van der Waals surface area contributed by atoms with E-state index in [-0.39, 0.29) is 5.41 Å². The first kappa shape index (κ1) is 19.4. The average Bonchev–Trinajstić information content (AvgIpc) is 3.51. The molecule has 0 saturated heterocycles. The summed E-state index contributed by atoms with van der Waals surface area (Å²) in [6.45, 7) is 4.77. The van der Waals surface area contributed by atoms with Crippen molar-refractivity contribution in [3.8, 4) is 16.8 Å². The Morgan fingerprint density at radius 1 is 0.571 bits per heavy atom. The topological polar surface area (TPSA) is 4.93 Å². The zero-order valence-corrected chi connectivity index (χ0v) is 20.5. The molecule has 7 aromatic rings. The molecule has 0 saturated carbocycles. The number of rotatable bonds is 1. The molecule has 0 fully saturated rings. The predicted octanol–water partition coefficient (Wildman–Crippen LogP) is 9.46. The number of benzene rings is 5. The number of fused-ring (bicyclic) bond motifs is 11. The van der Waals surface area contributed by atoms with Crippen LogP contribution in [0.25, 0.3) is 58.8 Å². The van der Waals surface area contributed by atoms with Crippen molar-refractivity contribution in [2.75, 3.05) is 0 Å². The molecule has 0 spiro atoms. The van der Waals surface area contributed by atoms with Crippen LogP contribution in [0.2, 0.25) is 0 Å². The molecular weight excluding hydrogens is 442 g/mol. The van der Waals surface area contributed by atoms with Gasteiger partial charge in [-0.05, 0) is 40.5 Å². The quantitative estimate of drug-likeness (QED) is 0.227. The molecule has 0 unspecified atom stereocenters. The number of hydrogen-bond donors (Lipinski definition) is 0. The van der Waals surface area contributed by atoms with Crippen LogP contribution >= 0.6 is 11.3 Å². The van der Waals surface area contributed by atoms with Gasteiger partial charge in [-0.15, -0.1) is 11.3 Å². The third-order valence-electron chi connectivity index (χ3n) is 7.97. The van der Waals surface area contributed by atoms with Crippen molar-refractivity contribution in [2.24, 2.45) is 0 Å². The van der Waals surface area contributed by atoms with E-state index < -0.39 is 0 Å². The van der Waals surface area contributed by atoms with Crippen LogP contribution in [0.3, 0.4) is 0 Å². The molecule has 166 valence electrons. The van der Waals surface area contributed by atoms with Crippen molar-refractivity contribution in [1.29, 1.82) is 0 Å². The number of para-hydroxylation sites is 2. The molecule has 0 bridgehead atoms. The summed E-state index contributed by atoms with van der Waals surface area (Å²) in [7, 11) is 0. The summed E-state index contributed by atoms with van der Waals surface area (Å²) in [4.78, 5) is 0. The van der Waals surface area contributed by atoms with Gasteiger partial charge in [0.1, 0.15) is 0 Å². The highest BCUT2D eigenvalue weighted by Crippen LogP contribution is 2.54. The predicted molar refractivity (Wildman–Crippen MR) is 151 cm³/mol. The van der Waals surface area contributed by atoms with E-state index in [1.165, 1.54) is 69.9 Å². The number of hydrogen-bond acceptors (Lipinski definition) is 1. The van der Waals surface area contributed by atoms with Gasteiger partial charge in [0.15, 0.2) is 0 Å². The van der Waals surface area contributed by atoms with Crippen LogP contribution in [-0.4, -0.2) is 4.57 Å². The molecule has 1 aliphatic carbocycles. The summed E-state index contributed by atoms with van der Waals surface area (Å²) in [5.41, 5.74) is 9.46. The maximum absolute atomic E-state index is 2.46. The second kappa shape index (κ2) is 6.62. The van der Waals surface area contributed by atoms with Gasteiger partial charge in [-0.3, -0.25) is 0 Å². The van der Waals surface area contributed by atoms with Gasteiger partial charge in [0.05, 0.1) is 15.7 Å². The lowest BCUT2D eigenvalue weighted by Crippen LogP contribution is -2.14. The van der Waals surface area contributed by atoms with Gasteiger partial charge < -0.3 is 4.57 Å². The normalized spacial score (nSPS) is 14.2. The first-order valence-electron chi connectivity index (χ1n) is 12.2. The molecule has 2 aromatic heterocycles. The lowest BCUT2D eigenvalue weighted by Gasteiger charge is -2.22. The van der Waals surface area contributed by atoms with Gasteiger partial charge in [-0.25, -0.2) is 0 Å². The van der Waals surface area contributed by atoms with Crippen molar-refractivity contribution in [2.45, 2.75) is 19.3 Å². The summed E-state index contributed by atoms with van der Waals surface area (Å²) >= 11 is 1.97. The third-order valence-corrected chi connectivity index (χ3v) is 9.22. The first-order chi connectivity index (χ1) is 17.1. The van der Waals surface area contributed by atoms with Gasteiger partial charge in [0.2, 0.25) is 0 Å². The summed E-state index contributed by atoms with van der Waals surface area (Å²) < 4.78 is 5.26. The Labute approximate surface area is 207 Å². The Morgan fingerprint density at radius 3 is 2.14 bits per heavy atom. The molecule has 0 amide bonds. The SMILES string of the molecule is CC1(C)c2ccccc2-c2ccc3c(sc4c3ccc3c5ccccc5n(-c5ccccc5)c34)c21. The minimum absolute atomic E-state index is 0.0163. The number of nitrogens with zero attached hydrogens (tertiary/aromatic N) is 1. The second-order valence-electron chi connectivity index (χ2n) is 10.2. The highest BCUT2D eigenvalue weighted by atomic mass is 32.1. The maximum atomic E-state index is 2.46. The molecular formula is C33H23NS. The van der Waals surface area contributed by atoms with E-state index in [1.54, 1.807) is 0 Å². The lowest BCUT2D eigenvalue weighted by atomic mass is 9.82. The number of aromatic nitrogens is 1. The molecule has 1 nitrogen and oxygen atoms in total. The maximum Gasteiger partial charge on any atom is 0.0719 e. The van der Waals surface area contributed by atoms with Crippen LogP contribution in [0.5, 0.6) is 0 Å². The van der Waals surface area contributed by atoms with Crippen molar-refractivity contribution in [3.63, 3.8) is 0 Å². The van der Waals surface area contributed by atoms with Crippen LogP contribution in [-0.2, 0) is 5.41 Å². The van der Waals surface area contributed by atoms with E-state index >= 15 is 0 Å². The Kier molecular flexibility index (Phi) is 3.67. The first-order valence-corrected chi connectivity index (χ1v) is 13.0. The standard InChI is InChI=1S/C33H23NS/c1-33(2)27-14-8-6-12-21(27)23-16-18-25-26-19-17-24-22-13-7-9-15-28(22)34(20-10-4-3-5-11-20)30(24)32(26)35-31(25)29(23)33/h3-19H,1-2H3. The fourth-order valence-corrected chi connectivity index (χ4v) is 7.98. The van der Waals surface area contributed by atoms with Crippen LogP contribution in [0.4, 0.5) is 0 Å². The Balaban J connectivity index is 1.57. The van der Waals surface area contributed by atoms with E-state index in [4.69, 9.17) is 0 Å². The highest BCUT2D eigenvalue weighted by molar-refractivity contribution is 7.27. The molecule has 2 heterocycles. The fourth-order valence-electron chi connectivity index (χ4n) is 6.43. The van der Waals surface area contributed by atoms with Crippen LogP contribution in [0.15, 0.2) is 103 Å². The van der Waals surface area contributed by atoms with Crippen molar-refractivity contribution in [1.82, 2.24) is 4.57 Å². The molecule has 35 heavy (non-hydrogen) atoms. The van der Waals surface area contributed by atoms with Gasteiger partial charge in [-0.2, -0.15) is 0 Å². The summed E-state index contributed by atoms with van der Waals surface area (Å²) in [6.07, 6.45) is 0. The highest BCUT2D eigenvalue weighted by Gasteiger charge is 2.37. The van der Waals surface area contributed by atoms with Gasteiger partial charge in [0.25, 0.3) is 0 Å². The molecule has 8 rings (SSSR count). The number of thiophene rings is 1. The molecule has 1 aliphatic rings. The van der Waals surface area contributed by atoms with Gasteiger partial charge in [0, 0.05) is 37.3 Å². The minimum atomic E-state index is -0.0163. The van der Waals surface area contributed by atoms with E-state index in [0.29, 0.717) is 0 Å². The van der Waals surface area contributed by atoms with Crippen molar-refractivity contribution in [3.05, 3.63) is 114 Å². The summed E-state index contributed by atoms with van der Waals surface area (Å²) in [6, 6.07) is 37.9. The molecule has 0 aliphatic heterocycles. The average molecular weight is 466 g/mol. The molecule has 5 aromatic carbocycles. The van der Waals surface area contributed by atoms with E-state index in [2.05, 4.69) is 122 Å². The fraction of sp³-hybridized carbons (Fsp3) is 0.0909. The van der Waals surface area contributed by atoms with E-state index in [9.17, 15) is 0 Å². The van der Waals surface area contributed by atoms with Gasteiger partial charge >= 0.3 is 0 Å². The Hall–Kier alpha value is -3.88. The molecule has 0 radical (unpaired) electrons. The van der Waals surface area contributed by atoms with Crippen LogP contribution < -0.4 is 0 Å². The summed E-state index contributed by atoms with van der Waals surface area (Å²) in [5, 5.41) is 5.36. The van der Waals surface area contributed by atoms with E-state index in [1.807, 2.05) is 11.3 Å². The zero-order chi connectivity index (χ0) is 23.3. The van der Waals surface area contributed by atoms with Crippen LogP contribution in [0, 0.1) is 0 Å².